The number of amides is 1. The highest BCUT2D eigenvalue weighted by molar-refractivity contribution is 7.22. The highest BCUT2D eigenvalue weighted by Gasteiger charge is 2.24. The van der Waals surface area contributed by atoms with Gasteiger partial charge in [-0.3, -0.25) is 14.6 Å². The van der Waals surface area contributed by atoms with Gasteiger partial charge in [0.2, 0.25) is 5.76 Å². The normalized spacial score (nSPS) is 14.8. The summed E-state index contributed by atoms with van der Waals surface area (Å²) in [5.74, 6) is -0.459. The van der Waals surface area contributed by atoms with Crippen LogP contribution >= 0.6 is 23.7 Å². The number of halogens is 2. The third-order valence-electron chi connectivity index (χ3n) is 4.42. The molecule has 1 aliphatic rings. The molecule has 0 radical (unpaired) electrons. The minimum absolute atomic E-state index is 0. The highest BCUT2D eigenvalue weighted by atomic mass is 35.5. The van der Waals surface area contributed by atoms with E-state index >= 15 is 0 Å². The Morgan fingerprint density at radius 2 is 2.11 bits per heavy atom. The van der Waals surface area contributed by atoms with Gasteiger partial charge in [-0.25, -0.2) is 9.37 Å². The van der Waals surface area contributed by atoms with Crippen LogP contribution in [-0.2, 0) is 4.74 Å². The predicted molar refractivity (Wildman–Crippen MR) is 107 cm³/mol. The van der Waals surface area contributed by atoms with Crippen molar-refractivity contribution in [2.24, 2.45) is 0 Å². The lowest BCUT2D eigenvalue weighted by atomic mass is 10.3. The molecule has 0 bridgehead atoms. The van der Waals surface area contributed by atoms with Gasteiger partial charge in [0.25, 0.3) is 5.91 Å². The molecule has 28 heavy (non-hydrogen) atoms. The number of aromatic nitrogens is 2. The Morgan fingerprint density at radius 1 is 1.29 bits per heavy atom. The topological polar surface area (TPSA) is 71.7 Å². The molecule has 0 atom stereocenters. The van der Waals surface area contributed by atoms with E-state index in [4.69, 9.17) is 9.26 Å². The molecule has 0 unspecified atom stereocenters. The van der Waals surface area contributed by atoms with Crippen molar-refractivity contribution in [2.45, 2.75) is 6.42 Å². The third-order valence-corrected chi connectivity index (χ3v) is 5.46. The van der Waals surface area contributed by atoms with Crippen LogP contribution in [0.25, 0.3) is 10.2 Å². The molecule has 1 aliphatic heterocycles. The number of hydrogen-bond donors (Lipinski definition) is 0. The molecule has 1 saturated heterocycles. The maximum atomic E-state index is 13.5. The smallest absolute Gasteiger partial charge is 0.298 e. The lowest BCUT2D eigenvalue weighted by Crippen LogP contribution is -2.39. The van der Waals surface area contributed by atoms with Crippen LogP contribution in [0.2, 0.25) is 0 Å². The summed E-state index contributed by atoms with van der Waals surface area (Å²) < 4.78 is 24.6. The lowest BCUT2D eigenvalue weighted by Gasteiger charge is -2.27. The minimum atomic E-state index is -0.321. The molecular formula is C18H20ClFN4O3S. The second-order valence-corrected chi connectivity index (χ2v) is 7.26. The first-order valence-electron chi connectivity index (χ1n) is 8.79. The van der Waals surface area contributed by atoms with Gasteiger partial charge in [-0.15, -0.1) is 12.4 Å². The molecule has 2 aromatic heterocycles. The van der Waals surface area contributed by atoms with Crippen molar-refractivity contribution < 1.29 is 18.4 Å². The summed E-state index contributed by atoms with van der Waals surface area (Å²) in [4.78, 5) is 21.3. The number of carbonyl (C=O) groups excluding carboxylic acids is 1. The Hall–Kier alpha value is -2.07. The van der Waals surface area contributed by atoms with Crippen LogP contribution in [0.4, 0.5) is 9.52 Å². The van der Waals surface area contributed by atoms with Crippen LogP contribution in [0.15, 0.2) is 35.0 Å². The first-order valence-corrected chi connectivity index (χ1v) is 9.61. The number of benzene rings is 1. The molecule has 3 heterocycles. The number of nitrogens with zero attached hydrogens (tertiary/aromatic N) is 4. The molecule has 7 nitrogen and oxygen atoms in total. The maximum absolute atomic E-state index is 13.5. The number of morpholine rings is 1. The van der Waals surface area contributed by atoms with Crippen LogP contribution in [-0.4, -0.2) is 60.3 Å². The molecular weight excluding hydrogens is 407 g/mol. The van der Waals surface area contributed by atoms with Crippen LogP contribution in [0.1, 0.15) is 17.0 Å². The van der Waals surface area contributed by atoms with Crippen LogP contribution in [0.5, 0.6) is 0 Å². The van der Waals surface area contributed by atoms with Crippen molar-refractivity contribution in [2.75, 3.05) is 44.3 Å². The summed E-state index contributed by atoms with van der Waals surface area (Å²) >= 11 is 1.29. The molecule has 1 amide bonds. The monoisotopic (exact) mass is 426 g/mol. The zero-order valence-corrected chi connectivity index (χ0v) is 16.7. The van der Waals surface area contributed by atoms with Gasteiger partial charge < -0.3 is 9.26 Å². The summed E-state index contributed by atoms with van der Waals surface area (Å²) in [5, 5.41) is 4.14. The molecule has 0 N–H and O–H groups in total. The van der Waals surface area contributed by atoms with Crippen LogP contribution < -0.4 is 4.90 Å². The largest absolute Gasteiger partial charge is 0.379 e. The Morgan fingerprint density at radius 3 is 2.86 bits per heavy atom. The van der Waals surface area contributed by atoms with E-state index in [0.29, 0.717) is 21.9 Å². The number of anilines is 1. The average molecular weight is 427 g/mol. The average Bonchev–Trinajstić information content (AvgIpc) is 3.35. The van der Waals surface area contributed by atoms with E-state index in [1.807, 2.05) is 0 Å². The Kier molecular flexibility index (Phi) is 6.95. The zero-order chi connectivity index (χ0) is 18.6. The molecule has 0 saturated carbocycles. The summed E-state index contributed by atoms with van der Waals surface area (Å²) in [7, 11) is 0. The molecule has 0 aliphatic carbocycles. The number of thiazole rings is 1. The maximum Gasteiger partial charge on any atom is 0.298 e. The Balaban J connectivity index is 0.00000225. The molecule has 150 valence electrons. The second kappa shape index (κ2) is 9.42. The minimum Gasteiger partial charge on any atom is -0.379 e. The first-order chi connectivity index (χ1) is 13.2. The van der Waals surface area contributed by atoms with E-state index in [-0.39, 0.29) is 29.9 Å². The van der Waals surface area contributed by atoms with Crippen molar-refractivity contribution in [1.82, 2.24) is 15.0 Å². The molecule has 4 rings (SSSR count). The summed E-state index contributed by atoms with van der Waals surface area (Å²) in [6.45, 7) is 4.63. The highest BCUT2D eigenvalue weighted by Crippen LogP contribution is 2.30. The fourth-order valence-corrected chi connectivity index (χ4v) is 4.04. The van der Waals surface area contributed by atoms with Crippen molar-refractivity contribution in [3.8, 4) is 0 Å². The third kappa shape index (κ3) is 4.67. The van der Waals surface area contributed by atoms with Gasteiger partial charge in [-0.2, -0.15) is 0 Å². The standard InChI is InChI=1S/C18H19FN4O3S.ClH/c19-13-2-3-14-16(12-13)27-18(21-14)23(17(24)15-4-5-20-26-15)7-1-6-22-8-10-25-11-9-22;/h2-5,12H,1,6-11H2;1H. The van der Waals surface area contributed by atoms with E-state index in [0.717, 1.165) is 39.3 Å². The molecule has 0 spiro atoms. The predicted octanol–water partition coefficient (Wildman–Crippen LogP) is 3.21. The van der Waals surface area contributed by atoms with Crippen LogP contribution in [0, 0.1) is 5.82 Å². The summed E-state index contributed by atoms with van der Waals surface area (Å²) in [5.41, 5.74) is 0.667. The van der Waals surface area contributed by atoms with E-state index in [1.165, 1.54) is 35.7 Å². The Labute approximate surface area is 171 Å². The van der Waals surface area contributed by atoms with Crippen LogP contribution in [0.3, 0.4) is 0 Å². The molecule has 1 fully saturated rings. The summed E-state index contributed by atoms with van der Waals surface area (Å²) in [6, 6.07) is 5.95. The van der Waals surface area contributed by atoms with Gasteiger partial charge in [0.15, 0.2) is 5.13 Å². The SMILES string of the molecule is Cl.O=C(c1ccno1)N(CCCN1CCOCC1)c1nc2ccc(F)cc2s1. The fraction of sp³-hybridized carbons (Fsp3) is 0.389. The van der Waals surface area contributed by atoms with Crippen molar-refractivity contribution in [1.29, 1.82) is 0 Å². The fourth-order valence-electron chi connectivity index (χ4n) is 3.02. The number of ether oxygens (including phenoxy) is 1. The van der Waals surface area contributed by atoms with E-state index in [1.54, 1.807) is 11.0 Å². The van der Waals surface area contributed by atoms with Gasteiger partial charge in [0.05, 0.1) is 29.6 Å². The molecule has 1 aromatic carbocycles. The van der Waals surface area contributed by atoms with Crippen molar-refractivity contribution in [3.05, 3.63) is 42.0 Å². The summed E-state index contributed by atoms with van der Waals surface area (Å²) in [6.07, 6.45) is 2.22. The Bertz CT molecular complexity index is 915. The van der Waals surface area contributed by atoms with Crippen molar-refractivity contribution >= 4 is 45.0 Å². The lowest BCUT2D eigenvalue weighted by molar-refractivity contribution is 0.0376. The van der Waals surface area contributed by atoms with E-state index in [2.05, 4.69) is 15.0 Å². The number of rotatable bonds is 6. The van der Waals surface area contributed by atoms with E-state index in [9.17, 15) is 9.18 Å². The van der Waals surface area contributed by atoms with Gasteiger partial charge in [-0.05, 0) is 24.6 Å². The van der Waals surface area contributed by atoms with E-state index < -0.39 is 0 Å². The number of hydrogen-bond acceptors (Lipinski definition) is 7. The molecule has 3 aromatic rings. The first kappa shape index (κ1) is 20.7. The van der Waals surface area contributed by atoms with Gasteiger partial charge in [0.1, 0.15) is 5.82 Å². The second-order valence-electron chi connectivity index (χ2n) is 6.25. The zero-order valence-electron chi connectivity index (χ0n) is 15.0. The van der Waals surface area contributed by atoms with Gasteiger partial charge in [-0.1, -0.05) is 16.5 Å². The number of fused-ring (bicyclic) bond motifs is 1. The van der Waals surface area contributed by atoms with Crippen molar-refractivity contribution in [3.63, 3.8) is 0 Å². The van der Waals surface area contributed by atoms with Gasteiger partial charge in [0, 0.05) is 32.2 Å². The molecule has 10 heteroatoms. The number of carbonyl (C=O) groups is 1. The quantitative estimate of drug-likeness (QED) is 0.602. The van der Waals surface area contributed by atoms with Gasteiger partial charge >= 0.3 is 0 Å².